The van der Waals surface area contributed by atoms with Crippen LogP contribution in [-0.2, 0) is 9.53 Å². The Labute approximate surface area is 129 Å². The number of carboxylic acids is 1. The number of anilines is 1. The number of rotatable bonds is 5. The van der Waals surface area contributed by atoms with Crippen LogP contribution in [0.3, 0.4) is 0 Å². The monoisotopic (exact) mass is 325 g/mol. The molecule has 0 aliphatic carbocycles. The minimum atomic E-state index is -1.27. The zero-order chi connectivity index (χ0) is 16.6. The standard InChI is InChI=1S/C12H15N5O6/c18-2-5-8(21)9(22)12(23-5)17-4-16-7-10(13-1-6(19)20)14-3-15-11(7)17/h3-5,8-9,12,18,21-22H,1-2H2,(H,19,20)(H,13,14,15)/t5-,8?,9?,12-/m1/s1. The minimum absolute atomic E-state index is 0.225. The largest absolute Gasteiger partial charge is 0.480 e. The van der Waals surface area contributed by atoms with E-state index >= 15 is 0 Å². The molecular weight excluding hydrogens is 310 g/mol. The molecule has 3 heterocycles. The first-order valence-corrected chi connectivity index (χ1v) is 6.78. The molecule has 2 aromatic heterocycles. The first-order valence-electron chi connectivity index (χ1n) is 6.78. The van der Waals surface area contributed by atoms with Gasteiger partial charge >= 0.3 is 5.97 Å². The number of aliphatic hydroxyl groups is 3. The number of fused-ring (bicyclic) bond motifs is 1. The molecule has 1 aliphatic rings. The van der Waals surface area contributed by atoms with Crippen molar-refractivity contribution in [3.05, 3.63) is 12.7 Å². The van der Waals surface area contributed by atoms with Crippen LogP contribution in [0.2, 0.25) is 0 Å². The predicted molar refractivity (Wildman–Crippen MR) is 74.5 cm³/mol. The molecule has 4 atom stereocenters. The molecule has 11 heteroatoms. The molecule has 1 aliphatic heterocycles. The highest BCUT2D eigenvalue weighted by Gasteiger charge is 2.44. The first kappa shape index (κ1) is 15.6. The maximum absolute atomic E-state index is 10.6. The zero-order valence-electron chi connectivity index (χ0n) is 11.8. The van der Waals surface area contributed by atoms with Crippen molar-refractivity contribution in [2.45, 2.75) is 24.5 Å². The van der Waals surface area contributed by atoms with Crippen LogP contribution < -0.4 is 5.32 Å². The lowest BCUT2D eigenvalue weighted by Crippen LogP contribution is -2.33. The van der Waals surface area contributed by atoms with E-state index in [4.69, 9.17) is 14.9 Å². The van der Waals surface area contributed by atoms with Gasteiger partial charge in [-0.3, -0.25) is 9.36 Å². The molecule has 0 bridgehead atoms. The molecule has 2 aromatic rings. The minimum Gasteiger partial charge on any atom is -0.480 e. The van der Waals surface area contributed by atoms with E-state index in [1.165, 1.54) is 17.2 Å². The molecule has 11 nitrogen and oxygen atoms in total. The fraction of sp³-hybridized carbons (Fsp3) is 0.500. The highest BCUT2D eigenvalue weighted by Crippen LogP contribution is 2.31. The van der Waals surface area contributed by atoms with Crippen LogP contribution in [0.5, 0.6) is 0 Å². The SMILES string of the molecule is O=C(O)CNc1ncnc2c1ncn2[C@@H]1O[C@H](CO)C(O)C1O. The van der Waals surface area contributed by atoms with Gasteiger partial charge in [0, 0.05) is 0 Å². The number of nitrogens with one attached hydrogen (secondary N) is 1. The Balaban J connectivity index is 1.94. The summed E-state index contributed by atoms with van der Waals surface area (Å²) in [6.07, 6.45) is -1.85. The molecule has 1 saturated heterocycles. The molecule has 0 spiro atoms. The number of aliphatic hydroxyl groups excluding tert-OH is 3. The third-order valence-electron chi connectivity index (χ3n) is 3.56. The van der Waals surface area contributed by atoms with Crippen LogP contribution in [0.4, 0.5) is 5.82 Å². The highest BCUT2D eigenvalue weighted by atomic mass is 16.6. The van der Waals surface area contributed by atoms with Crippen LogP contribution >= 0.6 is 0 Å². The second-order valence-electron chi connectivity index (χ2n) is 5.02. The van der Waals surface area contributed by atoms with E-state index in [2.05, 4.69) is 20.3 Å². The van der Waals surface area contributed by atoms with Crippen LogP contribution in [0, 0.1) is 0 Å². The molecule has 124 valence electrons. The Morgan fingerprint density at radius 1 is 1.30 bits per heavy atom. The van der Waals surface area contributed by atoms with E-state index in [0.717, 1.165) is 0 Å². The number of imidazole rings is 1. The van der Waals surface area contributed by atoms with E-state index in [9.17, 15) is 15.0 Å². The van der Waals surface area contributed by atoms with Crippen molar-refractivity contribution in [1.82, 2.24) is 19.5 Å². The normalized spacial score (nSPS) is 27.4. The third kappa shape index (κ3) is 2.70. The number of aliphatic carboxylic acids is 1. The predicted octanol–water partition coefficient (Wildman–Crippen LogP) is -2.07. The summed E-state index contributed by atoms with van der Waals surface area (Å²) in [5, 5.41) is 40.3. The van der Waals surface area contributed by atoms with Gasteiger partial charge in [-0.1, -0.05) is 0 Å². The second kappa shape index (κ2) is 6.04. The number of hydrogen-bond donors (Lipinski definition) is 5. The van der Waals surface area contributed by atoms with Gasteiger partial charge in [0.2, 0.25) is 0 Å². The lowest BCUT2D eigenvalue weighted by molar-refractivity contribution is -0.134. The van der Waals surface area contributed by atoms with Gasteiger partial charge in [-0.2, -0.15) is 0 Å². The summed E-state index contributed by atoms with van der Waals surface area (Å²) in [6.45, 7) is -0.783. The van der Waals surface area contributed by atoms with Gasteiger partial charge in [-0.05, 0) is 0 Å². The summed E-state index contributed by atoms with van der Waals surface area (Å²) in [7, 11) is 0. The maximum atomic E-state index is 10.6. The van der Waals surface area contributed by atoms with Crippen molar-refractivity contribution in [2.24, 2.45) is 0 Å². The molecule has 3 rings (SSSR count). The van der Waals surface area contributed by atoms with Crippen molar-refractivity contribution in [3.8, 4) is 0 Å². The van der Waals surface area contributed by atoms with Crippen molar-refractivity contribution in [2.75, 3.05) is 18.5 Å². The Morgan fingerprint density at radius 3 is 2.74 bits per heavy atom. The van der Waals surface area contributed by atoms with Gasteiger partial charge in [0.05, 0.1) is 12.9 Å². The molecular formula is C12H15N5O6. The highest BCUT2D eigenvalue weighted by molar-refractivity contribution is 5.84. The smallest absolute Gasteiger partial charge is 0.322 e. The number of carbonyl (C=O) groups is 1. The number of carboxylic acid groups (broad SMARTS) is 1. The molecule has 0 aromatic carbocycles. The quantitative estimate of drug-likeness (QED) is 0.413. The lowest BCUT2D eigenvalue weighted by atomic mass is 10.1. The van der Waals surface area contributed by atoms with Crippen LogP contribution in [0.1, 0.15) is 6.23 Å². The van der Waals surface area contributed by atoms with Gasteiger partial charge < -0.3 is 30.5 Å². The molecule has 23 heavy (non-hydrogen) atoms. The zero-order valence-corrected chi connectivity index (χ0v) is 11.8. The van der Waals surface area contributed by atoms with Crippen molar-refractivity contribution in [1.29, 1.82) is 0 Å². The first-order chi connectivity index (χ1) is 11.0. The topological polar surface area (TPSA) is 163 Å². The van der Waals surface area contributed by atoms with Crippen LogP contribution in [0.25, 0.3) is 11.2 Å². The van der Waals surface area contributed by atoms with Crippen LogP contribution in [-0.4, -0.2) is 77.4 Å². The van der Waals surface area contributed by atoms with Gasteiger partial charge in [0.25, 0.3) is 0 Å². The molecule has 0 radical (unpaired) electrons. The van der Waals surface area contributed by atoms with E-state index in [1.807, 2.05) is 0 Å². The Hall–Kier alpha value is -2.34. The Morgan fingerprint density at radius 2 is 2.09 bits per heavy atom. The van der Waals surface area contributed by atoms with Gasteiger partial charge in [-0.15, -0.1) is 0 Å². The van der Waals surface area contributed by atoms with Crippen molar-refractivity contribution >= 4 is 23.0 Å². The fourth-order valence-corrected chi connectivity index (χ4v) is 2.44. The summed E-state index contributed by atoms with van der Waals surface area (Å²) in [5.74, 6) is -0.831. The van der Waals surface area contributed by atoms with Crippen LogP contribution in [0.15, 0.2) is 12.7 Å². The second-order valence-corrected chi connectivity index (χ2v) is 5.02. The van der Waals surface area contributed by atoms with Gasteiger partial charge in [-0.25, -0.2) is 15.0 Å². The van der Waals surface area contributed by atoms with E-state index in [0.29, 0.717) is 11.2 Å². The summed E-state index contributed by atoms with van der Waals surface area (Å²) >= 11 is 0. The number of hydrogen-bond acceptors (Lipinski definition) is 9. The van der Waals surface area contributed by atoms with Gasteiger partial charge in [0.15, 0.2) is 23.2 Å². The fourth-order valence-electron chi connectivity index (χ4n) is 2.44. The van der Waals surface area contributed by atoms with E-state index in [1.54, 1.807) is 0 Å². The average molecular weight is 325 g/mol. The summed E-state index contributed by atoms with van der Waals surface area (Å²) < 4.78 is 6.82. The van der Waals surface area contributed by atoms with E-state index < -0.39 is 37.1 Å². The molecule has 2 unspecified atom stereocenters. The maximum Gasteiger partial charge on any atom is 0.322 e. The average Bonchev–Trinajstić information content (AvgIpc) is 3.08. The number of ether oxygens (including phenoxy) is 1. The Bertz CT molecular complexity index is 721. The summed E-state index contributed by atoms with van der Waals surface area (Å²) in [5.41, 5.74) is 0.592. The van der Waals surface area contributed by atoms with Crippen molar-refractivity contribution in [3.63, 3.8) is 0 Å². The third-order valence-corrected chi connectivity index (χ3v) is 3.56. The molecule has 5 N–H and O–H groups in total. The number of aromatic nitrogens is 4. The molecule has 1 fully saturated rings. The molecule has 0 amide bonds. The summed E-state index contributed by atoms with van der Waals surface area (Å²) in [6, 6.07) is 0. The Kier molecular flexibility index (Phi) is 4.09. The molecule has 0 saturated carbocycles. The van der Waals surface area contributed by atoms with E-state index in [-0.39, 0.29) is 12.4 Å². The van der Waals surface area contributed by atoms with Crippen molar-refractivity contribution < 1.29 is 30.0 Å². The lowest BCUT2D eigenvalue weighted by Gasteiger charge is -2.16. The van der Waals surface area contributed by atoms with Gasteiger partial charge in [0.1, 0.15) is 31.2 Å². The summed E-state index contributed by atoms with van der Waals surface area (Å²) in [4.78, 5) is 22.7. The number of nitrogens with zero attached hydrogens (tertiary/aromatic N) is 4.